The van der Waals surface area contributed by atoms with Crippen LogP contribution in [0.1, 0.15) is 0 Å². The molecule has 0 aliphatic heterocycles. The van der Waals surface area contributed by atoms with Gasteiger partial charge in [0, 0.05) is 11.9 Å². The molecule has 124 valence electrons. The van der Waals surface area contributed by atoms with Crippen molar-refractivity contribution in [2.45, 2.75) is 14.9 Å². The second-order valence-corrected chi connectivity index (χ2v) is 7.52. The number of anilines is 1. The first-order valence-electron chi connectivity index (χ1n) is 6.85. The third kappa shape index (κ3) is 3.41. The zero-order valence-electron chi connectivity index (χ0n) is 12.5. The first kappa shape index (κ1) is 16.5. The zero-order chi connectivity index (χ0) is 17.2. The van der Waals surface area contributed by atoms with Crippen LogP contribution in [-0.4, -0.2) is 23.2 Å². The predicted octanol–water partition coefficient (Wildman–Crippen LogP) is 2.91. The van der Waals surface area contributed by atoms with E-state index in [9.17, 15) is 12.8 Å². The van der Waals surface area contributed by atoms with Gasteiger partial charge in [-0.2, -0.15) is 0 Å². The maximum absolute atomic E-state index is 13.8. The van der Waals surface area contributed by atoms with E-state index >= 15 is 0 Å². The molecule has 3 rings (SSSR count). The van der Waals surface area contributed by atoms with Crippen LogP contribution in [-0.2, 0) is 17.1 Å². The van der Waals surface area contributed by atoms with Crippen LogP contribution in [0.4, 0.5) is 10.1 Å². The lowest BCUT2D eigenvalue weighted by Crippen LogP contribution is -2.15. The maximum atomic E-state index is 13.8. The molecule has 24 heavy (non-hydrogen) atoms. The third-order valence-electron chi connectivity index (χ3n) is 3.13. The molecule has 1 heterocycles. The lowest BCUT2D eigenvalue weighted by molar-refractivity contribution is 0.570. The Morgan fingerprint density at radius 2 is 1.83 bits per heavy atom. The average Bonchev–Trinajstić information content (AvgIpc) is 2.94. The monoisotopic (exact) mass is 364 g/mol. The Bertz CT molecular complexity index is 973. The van der Waals surface area contributed by atoms with Crippen LogP contribution < -0.4 is 4.72 Å². The second kappa shape index (κ2) is 6.62. The Hall–Kier alpha value is -2.39. The Morgan fingerprint density at radius 3 is 2.54 bits per heavy atom. The van der Waals surface area contributed by atoms with Crippen molar-refractivity contribution < 1.29 is 12.8 Å². The van der Waals surface area contributed by atoms with Gasteiger partial charge in [-0.3, -0.25) is 4.72 Å². The summed E-state index contributed by atoms with van der Waals surface area (Å²) in [6.07, 6.45) is 1.55. The van der Waals surface area contributed by atoms with Gasteiger partial charge in [-0.15, -0.1) is 10.2 Å². The molecule has 0 fully saturated rings. The minimum Gasteiger partial charge on any atom is -0.311 e. The molecule has 0 unspecified atom stereocenters. The Balaban J connectivity index is 1.94. The molecule has 0 radical (unpaired) electrons. The molecule has 0 aliphatic rings. The van der Waals surface area contributed by atoms with E-state index in [-0.39, 0.29) is 0 Å². The van der Waals surface area contributed by atoms with E-state index < -0.39 is 20.7 Å². The molecule has 0 aliphatic carbocycles. The van der Waals surface area contributed by atoms with E-state index in [0.29, 0.717) is 15.7 Å². The zero-order valence-corrected chi connectivity index (χ0v) is 14.2. The van der Waals surface area contributed by atoms with Crippen LogP contribution in [0.5, 0.6) is 0 Å². The number of rotatable bonds is 5. The number of aromatic nitrogens is 3. The SMILES string of the molecule is Cn1cnnc1Sc1ccccc1NS(=O)(=O)c1ccccc1F. The van der Waals surface area contributed by atoms with Crippen molar-refractivity contribution in [2.24, 2.45) is 7.05 Å². The fourth-order valence-corrected chi connectivity index (χ4v) is 4.04. The smallest absolute Gasteiger partial charge is 0.264 e. The van der Waals surface area contributed by atoms with E-state index in [2.05, 4.69) is 14.9 Å². The van der Waals surface area contributed by atoms with Crippen LogP contribution in [0.2, 0.25) is 0 Å². The van der Waals surface area contributed by atoms with Crippen LogP contribution in [0.3, 0.4) is 0 Å². The molecule has 6 nitrogen and oxygen atoms in total. The topological polar surface area (TPSA) is 76.9 Å². The van der Waals surface area contributed by atoms with Gasteiger partial charge in [-0.25, -0.2) is 12.8 Å². The quantitative estimate of drug-likeness (QED) is 0.753. The van der Waals surface area contributed by atoms with Crippen molar-refractivity contribution in [1.82, 2.24) is 14.8 Å². The van der Waals surface area contributed by atoms with E-state index in [1.54, 1.807) is 42.2 Å². The summed E-state index contributed by atoms with van der Waals surface area (Å²) in [5.74, 6) is -0.802. The number of nitrogens with zero attached hydrogens (tertiary/aromatic N) is 3. The van der Waals surface area contributed by atoms with Gasteiger partial charge in [0.2, 0.25) is 0 Å². The third-order valence-corrected chi connectivity index (χ3v) is 5.66. The van der Waals surface area contributed by atoms with Gasteiger partial charge in [0.25, 0.3) is 10.0 Å². The van der Waals surface area contributed by atoms with Crippen molar-refractivity contribution in [3.05, 3.63) is 60.7 Å². The summed E-state index contributed by atoms with van der Waals surface area (Å²) in [6, 6.07) is 12.1. The average molecular weight is 364 g/mol. The predicted molar refractivity (Wildman–Crippen MR) is 88.8 cm³/mol. The van der Waals surface area contributed by atoms with Crippen molar-refractivity contribution in [3.8, 4) is 0 Å². The van der Waals surface area contributed by atoms with Crippen molar-refractivity contribution in [2.75, 3.05) is 4.72 Å². The lowest BCUT2D eigenvalue weighted by Gasteiger charge is -2.12. The summed E-state index contributed by atoms with van der Waals surface area (Å²) in [4.78, 5) is 0.233. The molecule has 9 heteroatoms. The van der Waals surface area contributed by atoms with Gasteiger partial charge in [-0.05, 0) is 36.0 Å². The molecule has 0 atom stereocenters. The van der Waals surface area contributed by atoms with Crippen LogP contribution in [0, 0.1) is 5.82 Å². The first-order chi connectivity index (χ1) is 11.5. The summed E-state index contributed by atoms with van der Waals surface area (Å²) in [5.41, 5.74) is 0.341. The molecule has 2 aromatic carbocycles. The summed E-state index contributed by atoms with van der Waals surface area (Å²) in [6.45, 7) is 0. The molecule has 0 saturated heterocycles. The molecule has 0 spiro atoms. The van der Waals surface area contributed by atoms with Gasteiger partial charge < -0.3 is 4.57 Å². The number of aryl methyl sites for hydroxylation is 1. The number of hydrogen-bond acceptors (Lipinski definition) is 5. The summed E-state index contributed by atoms with van der Waals surface area (Å²) >= 11 is 1.26. The Kier molecular flexibility index (Phi) is 4.54. The fourth-order valence-electron chi connectivity index (χ4n) is 1.97. The highest BCUT2D eigenvalue weighted by Crippen LogP contribution is 2.33. The normalized spacial score (nSPS) is 11.4. The highest BCUT2D eigenvalue weighted by atomic mass is 32.2. The van der Waals surface area contributed by atoms with E-state index in [0.717, 1.165) is 6.07 Å². The summed E-state index contributed by atoms with van der Waals surface area (Å²) < 4.78 is 42.8. The first-order valence-corrected chi connectivity index (χ1v) is 9.15. The number of para-hydroxylation sites is 1. The van der Waals surface area contributed by atoms with E-state index in [4.69, 9.17) is 0 Å². The van der Waals surface area contributed by atoms with Crippen molar-refractivity contribution in [1.29, 1.82) is 0 Å². The Morgan fingerprint density at radius 1 is 1.12 bits per heavy atom. The number of hydrogen-bond donors (Lipinski definition) is 1. The van der Waals surface area contributed by atoms with Gasteiger partial charge in [0.05, 0.1) is 5.69 Å². The molecular weight excluding hydrogens is 351 g/mol. The Labute approximate surface area is 142 Å². The highest BCUT2D eigenvalue weighted by molar-refractivity contribution is 7.99. The van der Waals surface area contributed by atoms with Gasteiger partial charge in [-0.1, -0.05) is 24.3 Å². The lowest BCUT2D eigenvalue weighted by atomic mass is 10.3. The minimum atomic E-state index is -4.04. The highest BCUT2D eigenvalue weighted by Gasteiger charge is 2.20. The molecule has 0 bridgehead atoms. The molecule has 3 aromatic rings. The van der Waals surface area contributed by atoms with Crippen molar-refractivity contribution in [3.63, 3.8) is 0 Å². The maximum Gasteiger partial charge on any atom is 0.264 e. The molecule has 1 aromatic heterocycles. The standard InChI is InChI=1S/C15H13FN4O2S2/c1-20-10-17-18-15(20)23-13-8-4-3-7-12(13)19-24(21,22)14-9-5-2-6-11(14)16/h2-10,19H,1H3. The second-order valence-electron chi connectivity index (χ2n) is 4.86. The van der Waals surface area contributed by atoms with E-state index in [1.807, 2.05) is 0 Å². The van der Waals surface area contributed by atoms with Gasteiger partial charge >= 0.3 is 0 Å². The van der Waals surface area contributed by atoms with Gasteiger partial charge in [0.1, 0.15) is 17.0 Å². The summed E-state index contributed by atoms with van der Waals surface area (Å²) in [7, 11) is -2.25. The molecule has 0 amide bonds. The molecule has 1 N–H and O–H groups in total. The van der Waals surface area contributed by atoms with Crippen LogP contribution >= 0.6 is 11.8 Å². The van der Waals surface area contributed by atoms with Crippen LogP contribution in [0.15, 0.2) is 69.8 Å². The minimum absolute atomic E-state index is 0.341. The van der Waals surface area contributed by atoms with Crippen LogP contribution in [0.25, 0.3) is 0 Å². The largest absolute Gasteiger partial charge is 0.311 e. The molecular formula is C15H13FN4O2S2. The number of sulfonamides is 1. The van der Waals surface area contributed by atoms with Crippen molar-refractivity contribution >= 4 is 27.5 Å². The number of benzene rings is 2. The number of halogens is 1. The van der Waals surface area contributed by atoms with Gasteiger partial charge in [0.15, 0.2) is 5.16 Å². The fraction of sp³-hybridized carbons (Fsp3) is 0.0667. The number of nitrogens with one attached hydrogen (secondary N) is 1. The van der Waals surface area contributed by atoms with E-state index in [1.165, 1.54) is 30.0 Å². The summed E-state index contributed by atoms with van der Waals surface area (Å²) in [5, 5.41) is 8.35. The molecule has 0 saturated carbocycles.